The molecule has 0 radical (unpaired) electrons. The molecule has 0 aromatic carbocycles. The van der Waals surface area contributed by atoms with Gasteiger partial charge in [-0.25, -0.2) is 0 Å². The van der Waals surface area contributed by atoms with E-state index in [1.165, 1.54) is 89.9 Å². The number of carbonyl (C=O) groups excluding carboxylic acids is 2. The highest BCUT2D eigenvalue weighted by Gasteiger charge is 2.41. The molecular formula is C28H54AlO2-. The summed E-state index contributed by atoms with van der Waals surface area (Å²) in [5, 5.41) is 1.09. The summed E-state index contributed by atoms with van der Waals surface area (Å²) in [6.45, 7) is 12.7. The van der Waals surface area contributed by atoms with Crippen LogP contribution in [-0.2, 0) is 9.59 Å². The molecule has 0 aromatic rings. The van der Waals surface area contributed by atoms with Crippen molar-refractivity contribution in [3.63, 3.8) is 0 Å². The zero-order valence-corrected chi connectivity index (χ0v) is 23.2. The number of ketones is 1. The Morgan fingerprint density at radius 3 is 1.52 bits per heavy atom. The van der Waals surface area contributed by atoms with Crippen LogP contribution in [0.5, 0.6) is 0 Å². The van der Waals surface area contributed by atoms with Gasteiger partial charge in [0.05, 0.1) is 0 Å². The van der Waals surface area contributed by atoms with Crippen LogP contribution in [-0.4, -0.2) is 23.5 Å². The molecule has 0 amide bonds. The van der Waals surface area contributed by atoms with Crippen LogP contribution in [0.15, 0.2) is 12.2 Å². The number of unbranched alkanes of at least 4 members (excludes halogenated alkanes) is 12. The molecular weight excluding hydrogens is 395 g/mol. The lowest BCUT2D eigenvalue weighted by Gasteiger charge is -2.43. The van der Waals surface area contributed by atoms with Gasteiger partial charge in [-0.1, -0.05) is 116 Å². The summed E-state index contributed by atoms with van der Waals surface area (Å²) in [4.78, 5) is 24.6. The van der Waals surface area contributed by atoms with Gasteiger partial charge in [0, 0.05) is 6.42 Å². The highest BCUT2D eigenvalue weighted by Crippen LogP contribution is 2.39. The van der Waals surface area contributed by atoms with Crippen LogP contribution >= 0.6 is 0 Å². The van der Waals surface area contributed by atoms with Crippen molar-refractivity contribution in [3.8, 4) is 0 Å². The topological polar surface area (TPSA) is 34.1 Å². The monoisotopic (exact) mass is 449 g/mol. The molecule has 0 atom stereocenters. The summed E-state index contributed by atoms with van der Waals surface area (Å²) in [5.41, 5.74) is 0. The van der Waals surface area contributed by atoms with Crippen LogP contribution in [0.1, 0.15) is 138 Å². The minimum absolute atomic E-state index is 0.0386. The van der Waals surface area contributed by atoms with Crippen LogP contribution in [0.4, 0.5) is 0 Å². The fraction of sp³-hybridized carbons (Fsp3) is 0.857. The van der Waals surface area contributed by atoms with Gasteiger partial charge in [0.1, 0.15) is 5.78 Å². The molecule has 0 unspecified atom stereocenters. The Morgan fingerprint density at radius 1 is 0.677 bits per heavy atom. The molecule has 0 aliphatic heterocycles. The van der Waals surface area contributed by atoms with E-state index in [1.807, 2.05) is 0 Å². The van der Waals surface area contributed by atoms with E-state index in [1.54, 1.807) is 6.92 Å². The number of carbonyl (C=O) groups is 2. The molecule has 3 heteroatoms. The van der Waals surface area contributed by atoms with Gasteiger partial charge < -0.3 is 4.79 Å². The molecule has 0 heterocycles. The van der Waals surface area contributed by atoms with E-state index < -0.39 is 13.1 Å². The average Bonchev–Trinajstić information content (AvgIpc) is 2.69. The molecule has 0 bridgehead atoms. The van der Waals surface area contributed by atoms with Crippen LogP contribution in [0.2, 0.25) is 14.8 Å². The van der Waals surface area contributed by atoms with Crippen molar-refractivity contribution in [1.82, 2.24) is 0 Å². The number of Topliss-reactive ketones (excluding diaryl/α,β-unsaturated/α-hetero) is 1. The molecule has 0 rings (SSSR count). The number of allylic oxidation sites excluding steroid dienone is 2. The maximum absolute atomic E-state index is 13.0. The summed E-state index contributed by atoms with van der Waals surface area (Å²) in [7, 11) is 0. The quantitative estimate of drug-likeness (QED) is 0.0756. The average molecular weight is 450 g/mol. The first kappa shape index (κ1) is 30.6. The van der Waals surface area contributed by atoms with E-state index in [-0.39, 0.29) is 12.2 Å². The number of hydrogen-bond donors (Lipinski definition) is 0. The molecule has 0 fully saturated rings. The lowest BCUT2D eigenvalue weighted by molar-refractivity contribution is -0.122. The fourth-order valence-corrected chi connectivity index (χ4v) is 11.8. The second-order valence-corrected chi connectivity index (χ2v) is 17.1. The molecule has 0 aliphatic rings. The molecule has 0 aromatic heterocycles. The predicted molar refractivity (Wildman–Crippen MR) is 141 cm³/mol. The molecule has 182 valence electrons. The summed E-state index contributed by atoms with van der Waals surface area (Å²) in [6.07, 6.45) is 23.4. The minimum Gasteiger partial charge on any atom is -0.355 e. The maximum atomic E-state index is 13.0. The van der Waals surface area contributed by atoms with Crippen LogP contribution in [0.25, 0.3) is 0 Å². The number of hydrogen-bond acceptors (Lipinski definition) is 2. The van der Waals surface area contributed by atoms with Gasteiger partial charge >= 0.3 is 0 Å². The first-order chi connectivity index (χ1) is 14.8. The highest BCUT2D eigenvalue weighted by molar-refractivity contribution is 7.08. The van der Waals surface area contributed by atoms with E-state index in [9.17, 15) is 9.59 Å². The van der Waals surface area contributed by atoms with Gasteiger partial charge in [-0.3, -0.25) is 4.79 Å². The smallest absolute Gasteiger partial charge is 0.226 e. The van der Waals surface area contributed by atoms with Crippen molar-refractivity contribution in [2.45, 2.75) is 153 Å². The standard InChI is InChI=1S/C18H35.C4H5O2.2C3H7.Al/c1-3-5-7-9-11-13-15-17-18-16-14-12-10-8-6-4-2;1-4(6)2-3-5;2*1-3-2;/h17-18H,1,3-16H2,2H3;2H2,1H3;2*3H,1-2H3;/q;;;;-1/b18-17-;;;;. The van der Waals surface area contributed by atoms with Gasteiger partial charge in [-0.2, -0.15) is 14.8 Å². The van der Waals surface area contributed by atoms with Gasteiger partial charge in [0.2, 0.25) is 13.1 Å². The van der Waals surface area contributed by atoms with Crippen molar-refractivity contribution in [2.75, 3.05) is 0 Å². The van der Waals surface area contributed by atoms with Crippen molar-refractivity contribution in [1.29, 1.82) is 0 Å². The third kappa shape index (κ3) is 13.7. The summed E-state index contributed by atoms with van der Waals surface area (Å²) >= 11 is -2.44. The van der Waals surface area contributed by atoms with Crippen molar-refractivity contribution in [3.05, 3.63) is 12.2 Å². The van der Waals surface area contributed by atoms with E-state index in [0.29, 0.717) is 14.2 Å². The second-order valence-electron chi connectivity index (χ2n) is 10.8. The van der Waals surface area contributed by atoms with Crippen molar-refractivity contribution >= 4 is 23.5 Å². The Bertz CT molecular complexity index is 485. The molecule has 0 N–H and O–H groups in total. The van der Waals surface area contributed by atoms with E-state index in [4.69, 9.17) is 0 Å². The molecule has 2 nitrogen and oxygen atoms in total. The molecule has 0 saturated heterocycles. The van der Waals surface area contributed by atoms with Crippen LogP contribution in [0, 0.1) is 0 Å². The highest BCUT2D eigenvalue weighted by atomic mass is 27.2. The SMILES string of the molecule is CCCCCCCC/C=C\CCCCCCC[CH2][Al-]([C](=O)CC(C)=O)([CH](C)C)[CH](C)C. The van der Waals surface area contributed by atoms with Crippen LogP contribution in [0.3, 0.4) is 0 Å². The summed E-state index contributed by atoms with van der Waals surface area (Å²) < 4.78 is 1.22. The first-order valence-electron chi connectivity index (χ1n) is 13.6. The Hall–Kier alpha value is -0.388. The van der Waals surface area contributed by atoms with E-state index in [2.05, 4.69) is 46.8 Å². The molecule has 31 heavy (non-hydrogen) atoms. The summed E-state index contributed by atoms with van der Waals surface area (Å²) in [5.74, 6) is 0.0386. The van der Waals surface area contributed by atoms with Gasteiger partial charge in [0.25, 0.3) is 0 Å². The zero-order chi connectivity index (χ0) is 23.5. The largest absolute Gasteiger partial charge is 0.355 e. The number of rotatable bonds is 21. The Morgan fingerprint density at radius 2 is 1.10 bits per heavy atom. The molecule has 0 spiro atoms. The van der Waals surface area contributed by atoms with Gasteiger partial charge in [-0.15, -0.1) is 0 Å². The third-order valence-corrected chi connectivity index (χ3v) is 15.1. The Kier molecular flexibility index (Phi) is 18.9. The predicted octanol–water partition coefficient (Wildman–Crippen LogP) is 9.38. The molecule has 0 aliphatic carbocycles. The fourth-order valence-electron chi connectivity index (χ4n) is 5.51. The lowest BCUT2D eigenvalue weighted by Crippen LogP contribution is -2.50. The lowest BCUT2D eigenvalue weighted by atomic mass is 10.1. The Balaban J connectivity index is 3.95. The van der Waals surface area contributed by atoms with Crippen LogP contribution < -0.4 is 0 Å². The van der Waals surface area contributed by atoms with Crippen molar-refractivity contribution in [2.24, 2.45) is 0 Å². The van der Waals surface area contributed by atoms with E-state index >= 15 is 0 Å². The third-order valence-electron chi connectivity index (χ3n) is 7.60. The zero-order valence-electron chi connectivity index (χ0n) is 22.0. The molecule has 0 saturated carbocycles. The van der Waals surface area contributed by atoms with Crippen molar-refractivity contribution < 1.29 is 9.59 Å². The van der Waals surface area contributed by atoms with Gasteiger partial charge in [-0.05, 0) is 32.6 Å². The van der Waals surface area contributed by atoms with E-state index in [0.717, 1.165) is 5.28 Å². The maximum Gasteiger partial charge on any atom is 0.226 e. The second kappa shape index (κ2) is 19.1. The normalized spacial score (nSPS) is 12.4. The summed E-state index contributed by atoms with van der Waals surface area (Å²) in [6, 6.07) is 0. The Labute approximate surface area is 197 Å². The van der Waals surface area contributed by atoms with Gasteiger partial charge in [0.15, 0.2) is 0 Å². The first-order valence-corrected chi connectivity index (χ1v) is 16.4. The minimum atomic E-state index is -2.44.